The van der Waals surface area contributed by atoms with Crippen LogP contribution in [0.5, 0.6) is 5.75 Å². The summed E-state index contributed by atoms with van der Waals surface area (Å²) in [5.41, 5.74) is 0.991. The minimum atomic E-state index is -1.85. The summed E-state index contributed by atoms with van der Waals surface area (Å²) in [4.78, 5) is 10.6. The lowest BCUT2D eigenvalue weighted by molar-refractivity contribution is -0.136. The monoisotopic (exact) mass is 357 g/mol. The van der Waals surface area contributed by atoms with Crippen molar-refractivity contribution in [3.8, 4) is 5.75 Å². The SMILES string of the molecule is CN=P(C)(CCCOCCOC)Oc1ccc(CCC(=O)O)cc1. The van der Waals surface area contributed by atoms with E-state index in [2.05, 4.69) is 11.4 Å². The summed E-state index contributed by atoms with van der Waals surface area (Å²) in [5, 5.41) is 8.71. The molecule has 0 heterocycles. The minimum absolute atomic E-state index is 0.137. The van der Waals surface area contributed by atoms with Crippen molar-refractivity contribution in [2.24, 2.45) is 4.74 Å². The molecule has 6 nitrogen and oxygen atoms in total. The Morgan fingerprint density at radius 1 is 1.21 bits per heavy atom. The van der Waals surface area contributed by atoms with Crippen molar-refractivity contribution >= 4 is 13.3 Å². The van der Waals surface area contributed by atoms with Crippen molar-refractivity contribution in [1.82, 2.24) is 0 Å². The Balaban J connectivity index is 2.47. The molecule has 1 unspecified atom stereocenters. The Bertz CT molecular complexity index is 544. The van der Waals surface area contributed by atoms with Crippen LogP contribution in [-0.4, -0.2) is 57.9 Å². The lowest BCUT2D eigenvalue weighted by Gasteiger charge is -2.21. The number of carbonyl (C=O) groups is 1. The van der Waals surface area contributed by atoms with Crippen molar-refractivity contribution in [3.05, 3.63) is 29.8 Å². The Morgan fingerprint density at radius 3 is 2.50 bits per heavy atom. The van der Waals surface area contributed by atoms with E-state index in [9.17, 15) is 4.79 Å². The molecule has 0 saturated carbocycles. The van der Waals surface area contributed by atoms with E-state index in [0.29, 0.717) is 26.2 Å². The summed E-state index contributed by atoms with van der Waals surface area (Å²) in [7, 11) is 1.59. The van der Waals surface area contributed by atoms with Crippen LogP contribution in [0, 0.1) is 0 Å². The molecule has 0 aliphatic carbocycles. The first kappa shape index (κ1) is 20.7. The first-order valence-corrected chi connectivity index (χ1v) is 10.3. The number of benzene rings is 1. The summed E-state index contributed by atoms with van der Waals surface area (Å²) in [6.45, 7) is 3.94. The van der Waals surface area contributed by atoms with Crippen LogP contribution in [0.1, 0.15) is 18.4 Å². The number of nitrogens with zero attached hydrogens (tertiary/aromatic N) is 1. The second-order valence-corrected chi connectivity index (χ2v) is 8.69. The van der Waals surface area contributed by atoms with Gasteiger partial charge in [0.25, 0.3) is 0 Å². The molecule has 0 saturated heterocycles. The van der Waals surface area contributed by atoms with Crippen LogP contribution in [0.4, 0.5) is 0 Å². The molecule has 24 heavy (non-hydrogen) atoms. The van der Waals surface area contributed by atoms with Crippen molar-refractivity contribution in [2.75, 3.05) is 46.8 Å². The number of aryl methyl sites for hydroxylation is 1. The van der Waals surface area contributed by atoms with E-state index in [1.807, 2.05) is 24.3 Å². The highest BCUT2D eigenvalue weighted by molar-refractivity contribution is 7.61. The quantitative estimate of drug-likeness (QED) is 0.457. The van der Waals surface area contributed by atoms with Crippen LogP contribution in [0.3, 0.4) is 0 Å². The lowest BCUT2D eigenvalue weighted by atomic mass is 10.1. The van der Waals surface area contributed by atoms with Gasteiger partial charge >= 0.3 is 5.97 Å². The zero-order chi connectivity index (χ0) is 17.8. The third-order valence-electron chi connectivity index (χ3n) is 3.57. The zero-order valence-electron chi connectivity index (χ0n) is 14.7. The van der Waals surface area contributed by atoms with Gasteiger partial charge in [0.1, 0.15) is 13.0 Å². The van der Waals surface area contributed by atoms with E-state index in [4.69, 9.17) is 19.1 Å². The third-order valence-corrected chi connectivity index (χ3v) is 6.17. The Hall–Kier alpha value is -1.36. The third kappa shape index (κ3) is 8.48. The molecule has 1 N–H and O–H groups in total. The molecular formula is C17H28NO5P. The van der Waals surface area contributed by atoms with E-state index in [-0.39, 0.29) is 6.42 Å². The van der Waals surface area contributed by atoms with Crippen LogP contribution < -0.4 is 4.52 Å². The summed E-state index contributed by atoms with van der Waals surface area (Å²) in [6, 6.07) is 7.59. The zero-order valence-corrected chi connectivity index (χ0v) is 15.6. The fraction of sp³-hybridized carbons (Fsp3) is 0.588. The molecule has 1 aromatic rings. The standard InChI is InChI=1S/C17H28NO5P/c1-18-24(3,14-4-11-22-13-12-21-2)23-16-8-5-15(6-9-16)7-10-17(19)20/h5-6,8-9H,4,7,10-14H2,1-3H3,(H,19,20). The van der Waals surface area contributed by atoms with Crippen LogP contribution in [0.15, 0.2) is 29.0 Å². The summed E-state index contributed by atoms with van der Waals surface area (Å²) in [6.07, 6.45) is 2.41. The van der Waals surface area contributed by atoms with E-state index >= 15 is 0 Å². The second-order valence-electron chi connectivity index (χ2n) is 5.56. The fourth-order valence-electron chi connectivity index (χ4n) is 2.09. The Labute approximate surface area is 144 Å². The van der Waals surface area contributed by atoms with E-state index < -0.39 is 13.3 Å². The molecule has 0 aliphatic heterocycles. The van der Waals surface area contributed by atoms with Gasteiger partial charge in [-0.3, -0.25) is 9.54 Å². The normalized spacial score (nSPS) is 13.3. The number of ether oxygens (including phenoxy) is 2. The number of rotatable bonds is 12. The average Bonchev–Trinajstić information content (AvgIpc) is 2.57. The molecule has 0 amide bonds. The lowest BCUT2D eigenvalue weighted by Crippen LogP contribution is -2.06. The molecular weight excluding hydrogens is 329 g/mol. The van der Waals surface area contributed by atoms with Gasteiger partial charge in [-0.15, -0.1) is 0 Å². The highest BCUT2D eigenvalue weighted by Gasteiger charge is 2.14. The van der Waals surface area contributed by atoms with Gasteiger partial charge in [-0.1, -0.05) is 12.1 Å². The van der Waals surface area contributed by atoms with Gasteiger partial charge in [-0.2, -0.15) is 0 Å². The van der Waals surface area contributed by atoms with Crippen molar-refractivity contribution in [1.29, 1.82) is 0 Å². The topological polar surface area (TPSA) is 77.3 Å². The number of methoxy groups -OCH3 is 1. The molecule has 1 rings (SSSR count). The fourth-order valence-corrected chi connectivity index (χ4v) is 3.75. The summed E-state index contributed by atoms with van der Waals surface area (Å²) < 4.78 is 21.0. The maximum Gasteiger partial charge on any atom is 0.303 e. The molecule has 1 aromatic carbocycles. The van der Waals surface area contributed by atoms with E-state index in [1.54, 1.807) is 14.2 Å². The molecule has 0 aromatic heterocycles. The van der Waals surface area contributed by atoms with Crippen LogP contribution >= 0.6 is 7.28 Å². The molecule has 0 bridgehead atoms. The molecule has 0 fully saturated rings. The second kappa shape index (κ2) is 11.2. The average molecular weight is 357 g/mol. The van der Waals surface area contributed by atoms with E-state index in [0.717, 1.165) is 23.9 Å². The van der Waals surface area contributed by atoms with Gasteiger partial charge in [0.15, 0.2) is 0 Å². The van der Waals surface area contributed by atoms with Gasteiger partial charge in [-0.25, -0.2) is 0 Å². The van der Waals surface area contributed by atoms with Crippen molar-refractivity contribution in [3.63, 3.8) is 0 Å². The maximum absolute atomic E-state index is 10.6. The van der Waals surface area contributed by atoms with Crippen molar-refractivity contribution < 1.29 is 23.9 Å². The van der Waals surface area contributed by atoms with Gasteiger partial charge in [0.05, 0.1) is 13.2 Å². The van der Waals surface area contributed by atoms with Gasteiger partial charge in [-0.05, 0) is 30.5 Å². The van der Waals surface area contributed by atoms with Crippen molar-refractivity contribution in [2.45, 2.75) is 19.3 Å². The maximum atomic E-state index is 10.6. The first-order valence-electron chi connectivity index (χ1n) is 8.03. The predicted molar refractivity (Wildman–Crippen MR) is 96.4 cm³/mol. The van der Waals surface area contributed by atoms with Gasteiger partial charge in [0.2, 0.25) is 0 Å². The number of carboxylic acid groups (broad SMARTS) is 1. The number of aliphatic carboxylic acids is 1. The highest BCUT2D eigenvalue weighted by atomic mass is 31.2. The number of hydrogen-bond donors (Lipinski definition) is 1. The molecule has 0 aliphatic rings. The number of carboxylic acids is 1. The minimum Gasteiger partial charge on any atom is -0.481 e. The smallest absolute Gasteiger partial charge is 0.303 e. The Morgan fingerprint density at radius 2 is 1.92 bits per heavy atom. The molecule has 0 radical (unpaired) electrons. The van der Waals surface area contributed by atoms with Crippen LogP contribution in [0.25, 0.3) is 0 Å². The first-order chi connectivity index (χ1) is 11.5. The molecule has 1 atom stereocenters. The van der Waals surface area contributed by atoms with Gasteiger partial charge < -0.3 is 19.1 Å². The van der Waals surface area contributed by atoms with Crippen LogP contribution in [-0.2, 0) is 20.7 Å². The predicted octanol–water partition coefficient (Wildman–Crippen LogP) is 3.51. The molecule has 0 spiro atoms. The molecule has 136 valence electrons. The number of hydrogen-bond acceptors (Lipinski definition) is 5. The summed E-state index contributed by atoms with van der Waals surface area (Å²) in [5.74, 6) is -0.0119. The Kier molecular flexibility index (Phi) is 9.69. The van der Waals surface area contributed by atoms with Gasteiger partial charge in [0, 0.05) is 40.0 Å². The highest BCUT2D eigenvalue weighted by Crippen LogP contribution is 2.47. The molecule has 7 heteroatoms. The van der Waals surface area contributed by atoms with Crippen LogP contribution in [0.2, 0.25) is 0 Å². The summed E-state index contributed by atoms with van der Waals surface area (Å²) >= 11 is 0. The van der Waals surface area contributed by atoms with E-state index in [1.165, 1.54) is 0 Å². The largest absolute Gasteiger partial charge is 0.481 e.